The van der Waals surface area contributed by atoms with Gasteiger partial charge in [0.2, 0.25) is 20.0 Å². The first kappa shape index (κ1) is 19.6. The molecule has 0 aliphatic carbocycles. The molecule has 1 aromatic carbocycles. The lowest BCUT2D eigenvalue weighted by molar-refractivity contribution is 0.222. The summed E-state index contributed by atoms with van der Waals surface area (Å²) in [7, 11) is -4.92. The summed E-state index contributed by atoms with van der Waals surface area (Å²) in [5.74, 6) is 0.146. The Morgan fingerprint density at radius 2 is 1.58 bits per heavy atom. The van der Waals surface area contributed by atoms with Crippen LogP contribution in [0.3, 0.4) is 0 Å². The molecule has 2 saturated heterocycles. The molecule has 0 bridgehead atoms. The second-order valence-corrected chi connectivity index (χ2v) is 11.1. The fraction of sp³-hybridized carbons (Fsp3) is 0.647. The van der Waals surface area contributed by atoms with Crippen LogP contribution in [0.5, 0.6) is 0 Å². The number of piperazine rings is 1. The van der Waals surface area contributed by atoms with Gasteiger partial charge >= 0.3 is 0 Å². The van der Waals surface area contributed by atoms with Crippen LogP contribution in [0.15, 0.2) is 17.0 Å². The number of likely N-dealkylation sites (N-methyl/N-ethyl adjacent to an activating group) is 1. The molecule has 1 aromatic rings. The maximum Gasteiger partial charge on any atom is 0.243 e. The van der Waals surface area contributed by atoms with Crippen molar-refractivity contribution in [3.05, 3.63) is 23.3 Å². The van der Waals surface area contributed by atoms with Crippen molar-refractivity contribution in [1.29, 1.82) is 0 Å². The number of nitrogens with zero attached hydrogens (tertiary/aromatic N) is 3. The van der Waals surface area contributed by atoms with E-state index in [2.05, 4.69) is 4.90 Å². The van der Waals surface area contributed by atoms with Gasteiger partial charge < -0.3 is 4.90 Å². The topological polar surface area (TPSA) is 78.0 Å². The largest absolute Gasteiger partial charge is 0.304 e. The second-order valence-electron chi connectivity index (χ2n) is 7.21. The predicted octanol–water partition coefficient (Wildman–Crippen LogP) is 1.17. The molecule has 2 aliphatic rings. The molecule has 0 atom stereocenters. The maximum absolute atomic E-state index is 13.1. The van der Waals surface area contributed by atoms with Crippen molar-refractivity contribution < 1.29 is 16.8 Å². The summed E-state index contributed by atoms with van der Waals surface area (Å²) in [5, 5.41) is 0. The highest BCUT2D eigenvalue weighted by Crippen LogP contribution is 2.32. The highest BCUT2D eigenvalue weighted by molar-refractivity contribution is 7.92. The summed E-state index contributed by atoms with van der Waals surface area (Å²) in [6, 6.07) is 3.34. The normalized spacial score (nSPS) is 22.5. The minimum Gasteiger partial charge on any atom is -0.304 e. The van der Waals surface area contributed by atoms with E-state index in [0.717, 1.165) is 6.42 Å². The Labute approximate surface area is 156 Å². The molecule has 3 rings (SSSR count). The average molecular weight is 402 g/mol. The van der Waals surface area contributed by atoms with Crippen molar-refractivity contribution in [3.63, 3.8) is 0 Å². The Bertz CT molecular complexity index is 889. The fourth-order valence-electron chi connectivity index (χ4n) is 3.55. The van der Waals surface area contributed by atoms with Crippen LogP contribution < -0.4 is 4.31 Å². The van der Waals surface area contributed by atoms with Crippen LogP contribution in [0.1, 0.15) is 24.0 Å². The molecule has 0 N–H and O–H groups in total. The quantitative estimate of drug-likeness (QED) is 0.760. The van der Waals surface area contributed by atoms with Crippen molar-refractivity contribution in [2.24, 2.45) is 0 Å². The van der Waals surface area contributed by atoms with Crippen LogP contribution in [0, 0.1) is 13.8 Å². The smallest absolute Gasteiger partial charge is 0.243 e. The molecule has 2 aliphatic heterocycles. The molecular weight excluding hydrogens is 374 g/mol. The third kappa shape index (κ3) is 3.62. The lowest BCUT2D eigenvalue weighted by atomic mass is 10.1. The Morgan fingerprint density at radius 3 is 2.19 bits per heavy atom. The Hall–Kier alpha value is -1.16. The third-order valence-corrected chi connectivity index (χ3v) is 9.09. The van der Waals surface area contributed by atoms with E-state index in [1.165, 1.54) is 8.61 Å². The molecule has 0 unspecified atom stereocenters. The van der Waals surface area contributed by atoms with E-state index in [1.807, 2.05) is 7.05 Å². The highest BCUT2D eigenvalue weighted by atomic mass is 32.2. The summed E-state index contributed by atoms with van der Waals surface area (Å²) < 4.78 is 53.9. The van der Waals surface area contributed by atoms with Gasteiger partial charge in [0.25, 0.3) is 0 Å². The molecule has 9 heteroatoms. The van der Waals surface area contributed by atoms with Crippen molar-refractivity contribution in [2.45, 2.75) is 31.6 Å². The Balaban J connectivity index is 1.97. The third-order valence-electron chi connectivity index (χ3n) is 5.19. The van der Waals surface area contributed by atoms with Gasteiger partial charge in [-0.1, -0.05) is 0 Å². The van der Waals surface area contributed by atoms with Crippen LogP contribution in [0.25, 0.3) is 0 Å². The zero-order valence-corrected chi connectivity index (χ0v) is 17.2. The Kier molecular flexibility index (Phi) is 5.35. The zero-order valence-electron chi connectivity index (χ0n) is 15.6. The van der Waals surface area contributed by atoms with E-state index in [9.17, 15) is 16.8 Å². The maximum atomic E-state index is 13.1. The lowest BCUT2D eigenvalue weighted by Crippen LogP contribution is -2.47. The van der Waals surface area contributed by atoms with Gasteiger partial charge in [-0.05, 0) is 57.0 Å². The van der Waals surface area contributed by atoms with Crippen LogP contribution in [0.2, 0.25) is 0 Å². The summed E-state index contributed by atoms with van der Waals surface area (Å²) in [5.41, 5.74) is 1.86. The molecule has 146 valence electrons. The van der Waals surface area contributed by atoms with Gasteiger partial charge in [-0.15, -0.1) is 0 Å². The van der Waals surface area contributed by atoms with Crippen LogP contribution in [-0.4, -0.2) is 71.6 Å². The highest BCUT2D eigenvalue weighted by Gasteiger charge is 2.31. The number of benzene rings is 1. The van der Waals surface area contributed by atoms with Gasteiger partial charge in [0.05, 0.1) is 16.3 Å². The summed E-state index contributed by atoms with van der Waals surface area (Å²) in [6.45, 7) is 6.33. The SMILES string of the molecule is Cc1cc(S(=O)(=O)N2CCN(C)CC2)c(C)cc1N1CCCCS1(=O)=O. The molecule has 0 spiro atoms. The minimum absolute atomic E-state index is 0.146. The monoisotopic (exact) mass is 401 g/mol. The van der Waals surface area contributed by atoms with E-state index in [1.54, 1.807) is 26.0 Å². The van der Waals surface area contributed by atoms with E-state index in [0.29, 0.717) is 56.0 Å². The average Bonchev–Trinajstić information content (AvgIpc) is 2.57. The Morgan fingerprint density at radius 1 is 0.923 bits per heavy atom. The van der Waals surface area contributed by atoms with E-state index < -0.39 is 20.0 Å². The van der Waals surface area contributed by atoms with Gasteiger partial charge in [-0.25, -0.2) is 16.8 Å². The van der Waals surface area contributed by atoms with Crippen molar-refractivity contribution >= 4 is 25.7 Å². The molecule has 7 nitrogen and oxygen atoms in total. The van der Waals surface area contributed by atoms with Gasteiger partial charge in [0.1, 0.15) is 0 Å². The van der Waals surface area contributed by atoms with Gasteiger partial charge in [-0.2, -0.15) is 4.31 Å². The van der Waals surface area contributed by atoms with Crippen molar-refractivity contribution in [1.82, 2.24) is 9.21 Å². The number of hydrogen-bond donors (Lipinski definition) is 0. The predicted molar refractivity (Wildman–Crippen MR) is 103 cm³/mol. The van der Waals surface area contributed by atoms with Gasteiger partial charge in [0, 0.05) is 32.7 Å². The number of hydrogen-bond acceptors (Lipinski definition) is 5. The minimum atomic E-state index is -3.58. The molecule has 0 radical (unpaired) electrons. The number of anilines is 1. The summed E-state index contributed by atoms with van der Waals surface area (Å²) in [6.07, 6.45) is 1.49. The van der Waals surface area contributed by atoms with E-state index in [-0.39, 0.29) is 10.6 Å². The first-order valence-corrected chi connectivity index (χ1v) is 12.0. The van der Waals surface area contributed by atoms with Crippen molar-refractivity contribution in [3.8, 4) is 0 Å². The molecule has 26 heavy (non-hydrogen) atoms. The molecule has 2 fully saturated rings. The van der Waals surface area contributed by atoms with E-state index >= 15 is 0 Å². The standard InChI is InChI=1S/C17H27N3O4S2/c1-14-13-17(26(23,24)19-9-7-18(3)8-10-19)15(2)12-16(14)20-6-4-5-11-25(20,21)22/h12-13H,4-11H2,1-3H3. The van der Waals surface area contributed by atoms with Crippen LogP contribution in [-0.2, 0) is 20.0 Å². The molecule has 2 heterocycles. The first-order valence-electron chi connectivity index (χ1n) is 8.93. The molecular formula is C17H27N3O4S2. The van der Waals surface area contributed by atoms with Crippen LogP contribution in [0.4, 0.5) is 5.69 Å². The number of sulfonamides is 2. The van der Waals surface area contributed by atoms with Crippen LogP contribution >= 0.6 is 0 Å². The lowest BCUT2D eigenvalue weighted by Gasteiger charge is -2.33. The molecule has 0 amide bonds. The number of aryl methyl sites for hydroxylation is 2. The van der Waals surface area contributed by atoms with Gasteiger partial charge in [-0.3, -0.25) is 4.31 Å². The van der Waals surface area contributed by atoms with E-state index in [4.69, 9.17) is 0 Å². The molecule has 0 saturated carbocycles. The second kappa shape index (κ2) is 7.10. The molecule has 0 aromatic heterocycles. The van der Waals surface area contributed by atoms with Crippen molar-refractivity contribution in [2.75, 3.05) is 49.8 Å². The van der Waals surface area contributed by atoms with Gasteiger partial charge in [0.15, 0.2) is 0 Å². The summed E-state index contributed by atoms with van der Waals surface area (Å²) in [4.78, 5) is 2.38. The fourth-order valence-corrected chi connectivity index (χ4v) is 6.95. The summed E-state index contributed by atoms with van der Waals surface area (Å²) >= 11 is 0. The number of rotatable bonds is 3. The first-order chi connectivity index (χ1) is 12.1. The zero-order chi connectivity index (χ0) is 19.1.